The Labute approximate surface area is 228 Å². The fraction of sp³-hybridized carbons (Fsp3) is 0.774. The Morgan fingerprint density at radius 3 is 2.21 bits per heavy atom. The minimum Gasteiger partial charge on any atom is -0.295 e. The minimum absolute atomic E-state index is 0.00933. The van der Waals surface area contributed by atoms with Crippen molar-refractivity contribution >= 4 is 21.6 Å². The summed E-state index contributed by atoms with van der Waals surface area (Å²) in [4.78, 5) is 27.6. The Kier molecular flexibility index (Phi) is 5.78. The van der Waals surface area contributed by atoms with Crippen molar-refractivity contribution in [3.8, 4) is 6.07 Å². The third kappa shape index (κ3) is 3.54. The number of hydrogen-bond donors (Lipinski definition) is 1. The minimum atomic E-state index is -3.45. The van der Waals surface area contributed by atoms with Gasteiger partial charge in [-0.1, -0.05) is 60.1 Å². The van der Waals surface area contributed by atoms with Crippen molar-refractivity contribution in [2.75, 3.05) is 6.26 Å². The summed E-state index contributed by atoms with van der Waals surface area (Å²) in [5.41, 5.74) is -1.21. The lowest BCUT2D eigenvalue weighted by Crippen LogP contribution is -2.69. The van der Waals surface area contributed by atoms with Gasteiger partial charge in [-0.2, -0.15) is 5.26 Å². The molecule has 7 atom stereocenters. The highest BCUT2D eigenvalue weighted by Crippen LogP contribution is 2.73. The zero-order chi connectivity index (χ0) is 28.3. The van der Waals surface area contributed by atoms with Gasteiger partial charge in [0.1, 0.15) is 6.07 Å². The summed E-state index contributed by atoms with van der Waals surface area (Å²) in [6, 6.07) is 2.16. The van der Waals surface area contributed by atoms with Crippen LogP contribution in [-0.2, 0) is 19.6 Å². The lowest BCUT2D eigenvalue weighted by Gasteiger charge is -2.69. The number of hydrogen-bond acceptors (Lipinski definition) is 5. The number of carbonyl (C=O) groups is 2. The second-order valence-electron chi connectivity index (χ2n) is 15.3. The second-order valence-corrected chi connectivity index (χ2v) is 17.0. The molecule has 3 fully saturated rings. The molecule has 0 heterocycles. The average Bonchev–Trinajstić information content (AvgIpc) is 2.78. The van der Waals surface area contributed by atoms with E-state index in [0.29, 0.717) is 6.42 Å². The number of carbonyl (C=O) groups excluding carboxylic acids is 2. The van der Waals surface area contributed by atoms with Crippen LogP contribution in [0.2, 0.25) is 0 Å². The first kappa shape index (κ1) is 27.8. The highest BCUT2D eigenvalue weighted by molar-refractivity contribution is 7.88. The lowest BCUT2D eigenvalue weighted by atomic mass is 9.35. The zero-order valence-corrected chi connectivity index (χ0v) is 25.1. The van der Waals surface area contributed by atoms with Gasteiger partial charge < -0.3 is 0 Å². The third-order valence-electron chi connectivity index (χ3n) is 12.2. The predicted octanol–water partition coefficient (Wildman–Crippen LogP) is 5.51. The van der Waals surface area contributed by atoms with Crippen LogP contribution in [0.1, 0.15) is 93.4 Å². The summed E-state index contributed by atoms with van der Waals surface area (Å²) in [5.74, 6) is -0.365. The second kappa shape index (κ2) is 7.91. The number of ketones is 2. The van der Waals surface area contributed by atoms with Gasteiger partial charge in [0.25, 0.3) is 0 Å². The van der Waals surface area contributed by atoms with E-state index in [-0.39, 0.29) is 51.1 Å². The number of rotatable bonds is 2. The molecular formula is C31H44N2O4S. The smallest absolute Gasteiger partial charge is 0.209 e. The van der Waals surface area contributed by atoms with Crippen LogP contribution >= 0.6 is 0 Å². The van der Waals surface area contributed by atoms with E-state index < -0.39 is 26.4 Å². The first-order valence-electron chi connectivity index (χ1n) is 14.2. The molecule has 0 saturated heterocycles. The Balaban J connectivity index is 1.70. The number of fused-ring (bicyclic) bond motifs is 7. The molecule has 0 radical (unpaired) electrons. The van der Waals surface area contributed by atoms with Gasteiger partial charge in [0.15, 0.2) is 11.6 Å². The molecule has 5 aliphatic carbocycles. The van der Waals surface area contributed by atoms with Crippen molar-refractivity contribution in [3.63, 3.8) is 0 Å². The van der Waals surface area contributed by atoms with Gasteiger partial charge >= 0.3 is 0 Å². The summed E-state index contributed by atoms with van der Waals surface area (Å²) in [7, 11) is -3.45. The van der Waals surface area contributed by atoms with Gasteiger partial charge in [-0.3, -0.25) is 9.59 Å². The monoisotopic (exact) mass is 540 g/mol. The van der Waals surface area contributed by atoms with Gasteiger partial charge in [0.2, 0.25) is 10.0 Å². The first-order valence-corrected chi connectivity index (χ1v) is 16.1. The Hall–Kier alpha value is -1.78. The van der Waals surface area contributed by atoms with Crippen molar-refractivity contribution < 1.29 is 18.0 Å². The normalized spacial score (nSPS) is 45.4. The molecule has 1 N–H and O–H groups in total. The molecule has 3 saturated carbocycles. The van der Waals surface area contributed by atoms with Crippen LogP contribution in [0.4, 0.5) is 0 Å². The average molecular weight is 541 g/mol. The van der Waals surface area contributed by atoms with E-state index in [2.05, 4.69) is 45.4 Å². The van der Waals surface area contributed by atoms with Crippen molar-refractivity contribution in [2.24, 2.45) is 44.8 Å². The molecule has 0 amide bonds. The Bertz CT molecular complexity index is 1330. The van der Waals surface area contributed by atoms with Crippen molar-refractivity contribution in [2.45, 2.75) is 99.0 Å². The maximum absolute atomic E-state index is 14.4. The molecule has 7 heteroatoms. The van der Waals surface area contributed by atoms with Gasteiger partial charge in [-0.05, 0) is 79.1 Å². The molecule has 3 unspecified atom stereocenters. The van der Waals surface area contributed by atoms with Crippen molar-refractivity contribution in [1.29, 1.82) is 5.26 Å². The highest BCUT2D eigenvalue weighted by Gasteiger charge is 2.70. The molecular weight excluding hydrogens is 496 g/mol. The van der Waals surface area contributed by atoms with Gasteiger partial charge in [0, 0.05) is 22.3 Å². The van der Waals surface area contributed by atoms with Crippen molar-refractivity contribution in [1.82, 2.24) is 4.72 Å². The Morgan fingerprint density at radius 2 is 1.61 bits per heavy atom. The fourth-order valence-electron chi connectivity index (χ4n) is 10.2. The van der Waals surface area contributed by atoms with Crippen LogP contribution in [0.3, 0.4) is 0 Å². The number of Topliss-reactive ketones (excluding diaryl/α,β-unsaturated/α-hetero) is 1. The highest BCUT2D eigenvalue weighted by atomic mass is 32.2. The SMILES string of the molecule is CC1(C)CC[C@]2(NS(C)(=O)=O)CC[C@]3(C)C(C(=O)C=C4[C@@]5(C)C=C(C#N)C(=O)C(C)(C)C5CC[C@]43C)C2C1. The van der Waals surface area contributed by atoms with Crippen molar-refractivity contribution in [3.05, 3.63) is 23.3 Å². The lowest BCUT2D eigenvalue weighted by molar-refractivity contribution is -0.159. The number of nitriles is 1. The van der Waals surface area contributed by atoms with Crippen LogP contribution < -0.4 is 4.72 Å². The van der Waals surface area contributed by atoms with E-state index >= 15 is 0 Å². The molecule has 0 aromatic carbocycles. The fourth-order valence-corrected chi connectivity index (χ4v) is 11.3. The number of allylic oxidation sites excluding steroid dienone is 4. The largest absolute Gasteiger partial charge is 0.295 e. The van der Waals surface area contributed by atoms with Crippen LogP contribution in [0.5, 0.6) is 0 Å². The molecule has 6 nitrogen and oxygen atoms in total. The predicted molar refractivity (Wildman–Crippen MR) is 147 cm³/mol. The molecule has 0 aromatic rings. The van der Waals surface area contributed by atoms with E-state index in [1.165, 1.54) is 6.26 Å². The maximum Gasteiger partial charge on any atom is 0.209 e. The van der Waals surface area contributed by atoms with E-state index in [0.717, 1.165) is 44.1 Å². The standard InChI is InChI=1S/C31H44N2O4S/c1-26(2)11-13-31(33-38(8,36)37)14-12-30(7)24(20(31)17-26)21(34)15-23-28(5)16-19(18-32)25(35)27(3,4)22(28)9-10-29(23,30)6/h15-16,20,22,24,33H,9-14,17H2,1-8H3/t20?,22?,24?,28-,29+,30+,31-/m0/s1. The van der Waals surface area contributed by atoms with Crippen LogP contribution in [0.25, 0.3) is 0 Å². The van der Waals surface area contributed by atoms with E-state index in [4.69, 9.17) is 0 Å². The molecule has 0 bridgehead atoms. The molecule has 208 valence electrons. The molecule has 5 rings (SSSR count). The topological polar surface area (TPSA) is 104 Å². The van der Waals surface area contributed by atoms with E-state index in [1.807, 2.05) is 26.0 Å². The zero-order valence-electron chi connectivity index (χ0n) is 24.3. The number of sulfonamides is 1. The van der Waals surface area contributed by atoms with Crippen LogP contribution in [0.15, 0.2) is 23.3 Å². The maximum atomic E-state index is 14.4. The van der Waals surface area contributed by atoms with Gasteiger partial charge in [0.05, 0.1) is 11.8 Å². The summed E-state index contributed by atoms with van der Waals surface area (Å²) in [6.45, 7) is 15.1. The number of nitrogens with one attached hydrogen (secondary N) is 1. The van der Waals surface area contributed by atoms with Crippen LogP contribution in [-0.4, -0.2) is 31.8 Å². The summed E-state index contributed by atoms with van der Waals surface area (Å²) in [6.07, 6.45) is 10.6. The van der Waals surface area contributed by atoms with Gasteiger partial charge in [-0.25, -0.2) is 13.1 Å². The Morgan fingerprint density at radius 1 is 0.974 bits per heavy atom. The quantitative estimate of drug-likeness (QED) is 0.497. The first-order chi connectivity index (χ1) is 17.3. The number of nitrogens with zero attached hydrogens (tertiary/aromatic N) is 1. The molecule has 5 aliphatic rings. The molecule has 0 aromatic heterocycles. The van der Waals surface area contributed by atoms with Crippen LogP contribution in [0, 0.1) is 56.2 Å². The van der Waals surface area contributed by atoms with Gasteiger partial charge in [-0.15, -0.1) is 0 Å². The molecule has 0 aliphatic heterocycles. The van der Waals surface area contributed by atoms with E-state index in [1.54, 1.807) is 0 Å². The third-order valence-corrected chi connectivity index (χ3v) is 13.0. The summed E-state index contributed by atoms with van der Waals surface area (Å²) >= 11 is 0. The summed E-state index contributed by atoms with van der Waals surface area (Å²) in [5, 5.41) is 9.87. The van der Waals surface area contributed by atoms with E-state index in [9.17, 15) is 23.3 Å². The summed E-state index contributed by atoms with van der Waals surface area (Å²) < 4.78 is 28.3. The molecule has 38 heavy (non-hydrogen) atoms. The molecule has 0 spiro atoms.